The monoisotopic (exact) mass is 729 g/mol. The summed E-state index contributed by atoms with van der Waals surface area (Å²) in [5.74, 6) is 1.84. The van der Waals surface area contributed by atoms with Crippen LogP contribution in [-0.4, -0.2) is 24.1 Å². The number of aromatic nitrogens is 5. The first kappa shape index (κ1) is 31.5. The van der Waals surface area contributed by atoms with Gasteiger partial charge in [-0.3, -0.25) is 4.57 Å². The molecule has 0 radical (unpaired) electrons. The van der Waals surface area contributed by atoms with E-state index in [9.17, 15) is 0 Å². The van der Waals surface area contributed by atoms with E-state index in [4.69, 9.17) is 19.4 Å². The number of hydrogen-bond donors (Lipinski definition) is 0. The minimum Gasteiger partial charge on any atom is -0.455 e. The molecular formula is C51H31N5O. The van der Waals surface area contributed by atoms with Gasteiger partial charge in [0.2, 0.25) is 5.95 Å². The predicted octanol–water partition coefficient (Wildman–Crippen LogP) is 13.0. The Morgan fingerprint density at radius 2 is 0.912 bits per heavy atom. The van der Waals surface area contributed by atoms with Crippen molar-refractivity contribution in [1.29, 1.82) is 0 Å². The normalized spacial score (nSPS) is 11.9. The topological polar surface area (TPSA) is 61.7 Å². The number of furan rings is 1. The summed E-state index contributed by atoms with van der Waals surface area (Å²) in [6, 6.07) is 65.6. The zero-order valence-corrected chi connectivity index (χ0v) is 30.5. The van der Waals surface area contributed by atoms with Gasteiger partial charge < -0.3 is 8.98 Å². The van der Waals surface area contributed by atoms with Crippen LogP contribution in [0.1, 0.15) is 0 Å². The quantitative estimate of drug-likeness (QED) is 0.177. The Morgan fingerprint density at radius 3 is 1.63 bits per heavy atom. The molecule has 6 heteroatoms. The number of rotatable bonds is 5. The van der Waals surface area contributed by atoms with Crippen LogP contribution >= 0.6 is 0 Å². The fraction of sp³-hybridized carbons (Fsp3) is 0. The lowest BCUT2D eigenvalue weighted by Crippen LogP contribution is -2.06. The number of benzene rings is 8. The summed E-state index contributed by atoms with van der Waals surface area (Å²) in [6.45, 7) is 0. The van der Waals surface area contributed by atoms with Crippen LogP contribution in [0.4, 0.5) is 0 Å². The van der Waals surface area contributed by atoms with Crippen molar-refractivity contribution in [3.05, 3.63) is 188 Å². The molecule has 0 fully saturated rings. The molecule has 0 aliphatic heterocycles. The van der Waals surface area contributed by atoms with E-state index in [1.807, 2.05) is 72.8 Å². The van der Waals surface area contributed by atoms with E-state index in [1.54, 1.807) is 0 Å². The van der Waals surface area contributed by atoms with Crippen molar-refractivity contribution in [3.63, 3.8) is 0 Å². The summed E-state index contributed by atoms with van der Waals surface area (Å²) < 4.78 is 11.0. The minimum atomic E-state index is 0.581. The highest BCUT2D eigenvalue weighted by Crippen LogP contribution is 2.41. The molecule has 266 valence electrons. The van der Waals surface area contributed by atoms with Crippen LogP contribution < -0.4 is 0 Å². The SMILES string of the molecule is c1ccc(-c2nc(-c3ccccc3)nc(-n3c4ccccc4c4cc(-c5ccc(-n6c7ccccc7c7c8oc9ccccc9c8ccc76)cc5)ccc43)n2)cc1. The van der Waals surface area contributed by atoms with E-state index in [2.05, 4.69) is 124 Å². The van der Waals surface area contributed by atoms with Gasteiger partial charge in [-0.25, -0.2) is 4.98 Å². The first-order valence-corrected chi connectivity index (χ1v) is 19.1. The first-order valence-electron chi connectivity index (χ1n) is 19.1. The van der Waals surface area contributed by atoms with E-state index >= 15 is 0 Å². The van der Waals surface area contributed by atoms with Crippen molar-refractivity contribution in [2.45, 2.75) is 0 Å². The Hall–Kier alpha value is -7.83. The van der Waals surface area contributed by atoms with Gasteiger partial charge >= 0.3 is 0 Å². The molecule has 6 nitrogen and oxygen atoms in total. The second-order valence-electron chi connectivity index (χ2n) is 14.4. The molecule has 4 aromatic heterocycles. The maximum atomic E-state index is 6.52. The van der Waals surface area contributed by atoms with Gasteiger partial charge in [-0.15, -0.1) is 0 Å². The standard InChI is InChI=1S/C51H31N5O/c1-3-13-33(14-4-1)49-52-50(34-15-5-2-6-16-34)54-51(53-49)56-42-20-10-7-17-37(42)41-31-35(25-29-44(41)56)32-23-26-36(27-24-32)55-43-21-11-8-19-40(43)47-45(55)30-28-39-38-18-9-12-22-46(38)57-48(39)47/h1-31H. The predicted molar refractivity (Wildman–Crippen MR) is 232 cm³/mol. The van der Waals surface area contributed by atoms with E-state index in [0.29, 0.717) is 17.6 Å². The highest BCUT2D eigenvalue weighted by Gasteiger charge is 2.20. The molecular weight excluding hydrogens is 699 g/mol. The Morgan fingerprint density at radius 1 is 0.351 bits per heavy atom. The van der Waals surface area contributed by atoms with Crippen molar-refractivity contribution >= 4 is 65.6 Å². The molecule has 0 saturated heterocycles. The van der Waals surface area contributed by atoms with Crippen molar-refractivity contribution in [1.82, 2.24) is 24.1 Å². The molecule has 0 bridgehead atoms. The van der Waals surface area contributed by atoms with Gasteiger partial charge in [0, 0.05) is 43.7 Å². The Balaban J connectivity index is 0.992. The van der Waals surface area contributed by atoms with E-state index in [1.165, 1.54) is 5.39 Å². The third-order valence-electron chi connectivity index (χ3n) is 11.2. The van der Waals surface area contributed by atoms with Crippen LogP contribution in [0, 0.1) is 0 Å². The van der Waals surface area contributed by atoms with Gasteiger partial charge in [-0.05, 0) is 65.7 Å². The number of hydrogen-bond acceptors (Lipinski definition) is 4. The zero-order chi connectivity index (χ0) is 37.5. The fourth-order valence-corrected chi connectivity index (χ4v) is 8.58. The van der Waals surface area contributed by atoms with Crippen molar-refractivity contribution in [2.75, 3.05) is 0 Å². The molecule has 0 unspecified atom stereocenters. The second-order valence-corrected chi connectivity index (χ2v) is 14.4. The third kappa shape index (κ3) is 4.87. The molecule has 0 aliphatic rings. The molecule has 12 aromatic rings. The fourth-order valence-electron chi connectivity index (χ4n) is 8.58. The average Bonchev–Trinajstić information content (AvgIpc) is 3.94. The van der Waals surface area contributed by atoms with E-state index < -0.39 is 0 Å². The van der Waals surface area contributed by atoms with Gasteiger partial charge in [0.1, 0.15) is 11.2 Å². The van der Waals surface area contributed by atoms with Crippen LogP contribution in [0.15, 0.2) is 192 Å². The second kappa shape index (κ2) is 12.3. The van der Waals surface area contributed by atoms with Crippen LogP contribution in [0.25, 0.3) is 111 Å². The summed E-state index contributed by atoms with van der Waals surface area (Å²) in [6.07, 6.45) is 0. The van der Waals surface area contributed by atoms with Crippen molar-refractivity contribution in [2.24, 2.45) is 0 Å². The average molecular weight is 730 g/mol. The third-order valence-corrected chi connectivity index (χ3v) is 11.2. The Labute approximate surface area is 326 Å². The van der Waals surface area contributed by atoms with Crippen LogP contribution in [0.2, 0.25) is 0 Å². The summed E-state index contributed by atoms with van der Waals surface area (Å²) in [4.78, 5) is 15.1. The molecule has 0 aliphatic carbocycles. The molecule has 12 rings (SSSR count). The summed E-state index contributed by atoms with van der Waals surface area (Å²) >= 11 is 0. The van der Waals surface area contributed by atoms with Gasteiger partial charge in [0.05, 0.1) is 27.5 Å². The lowest BCUT2D eigenvalue weighted by atomic mass is 10.0. The summed E-state index contributed by atoms with van der Waals surface area (Å²) in [5.41, 5.74) is 11.4. The smallest absolute Gasteiger partial charge is 0.238 e. The van der Waals surface area contributed by atoms with Gasteiger partial charge in [0.25, 0.3) is 0 Å². The van der Waals surface area contributed by atoms with Crippen LogP contribution in [0.5, 0.6) is 0 Å². The maximum absolute atomic E-state index is 6.52. The lowest BCUT2D eigenvalue weighted by Gasteiger charge is -2.11. The Bertz CT molecular complexity index is 3450. The molecule has 8 aromatic carbocycles. The van der Waals surface area contributed by atoms with Crippen LogP contribution in [0.3, 0.4) is 0 Å². The number of fused-ring (bicyclic) bond motifs is 10. The molecule has 0 N–H and O–H groups in total. The van der Waals surface area contributed by atoms with Crippen molar-refractivity contribution < 1.29 is 4.42 Å². The minimum absolute atomic E-state index is 0.581. The maximum Gasteiger partial charge on any atom is 0.238 e. The van der Waals surface area contributed by atoms with E-state index in [0.717, 1.165) is 88.1 Å². The zero-order valence-electron chi connectivity index (χ0n) is 30.5. The molecule has 0 amide bonds. The molecule has 4 heterocycles. The highest BCUT2D eigenvalue weighted by atomic mass is 16.3. The van der Waals surface area contributed by atoms with Crippen LogP contribution in [-0.2, 0) is 0 Å². The molecule has 0 saturated carbocycles. The molecule has 57 heavy (non-hydrogen) atoms. The largest absolute Gasteiger partial charge is 0.455 e. The summed E-state index contributed by atoms with van der Waals surface area (Å²) in [5, 5.41) is 6.85. The number of nitrogens with zero attached hydrogens (tertiary/aromatic N) is 5. The van der Waals surface area contributed by atoms with Crippen molar-refractivity contribution in [3.8, 4) is 45.5 Å². The van der Waals surface area contributed by atoms with Gasteiger partial charge in [0.15, 0.2) is 11.6 Å². The highest BCUT2D eigenvalue weighted by molar-refractivity contribution is 6.23. The van der Waals surface area contributed by atoms with Gasteiger partial charge in [-0.2, -0.15) is 9.97 Å². The molecule has 0 spiro atoms. The molecule has 0 atom stereocenters. The summed E-state index contributed by atoms with van der Waals surface area (Å²) in [7, 11) is 0. The number of para-hydroxylation sites is 3. The van der Waals surface area contributed by atoms with Gasteiger partial charge in [-0.1, -0.05) is 133 Å². The lowest BCUT2D eigenvalue weighted by molar-refractivity contribution is 0.673. The first-order chi connectivity index (χ1) is 28.3. The Kier molecular flexibility index (Phi) is 6.83. The van der Waals surface area contributed by atoms with E-state index in [-0.39, 0.29) is 0 Å².